The molecule has 2 aromatic carbocycles. The highest BCUT2D eigenvalue weighted by molar-refractivity contribution is 5.92. The van der Waals surface area contributed by atoms with Gasteiger partial charge in [0.25, 0.3) is 0 Å². The summed E-state index contributed by atoms with van der Waals surface area (Å²) in [5, 5.41) is 2.82. The first-order chi connectivity index (χ1) is 13.2. The molecule has 1 aromatic heterocycles. The Labute approximate surface area is 157 Å². The number of amides is 1. The Morgan fingerprint density at radius 1 is 1.11 bits per heavy atom. The van der Waals surface area contributed by atoms with E-state index in [4.69, 9.17) is 0 Å². The monoisotopic (exact) mass is 366 g/mol. The molecule has 0 radical (unpaired) electrons. The predicted molar refractivity (Wildman–Crippen MR) is 104 cm³/mol. The van der Waals surface area contributed by atoms with Crippen LogP contribution in [0.2, 0.25) is 0 Å². The SMILES string of the molecule is O=C(CN1CCC(Cn2cnc3ccccc32)CC1)Nc1ccc(F)cc1. The molecule has 1 amide bonds. The second-order valence-electron chi connectivity index (χ2n) is 7.16. The third-order valence-corrected chi connectivity index (χ3v) is 5.18. The fourth-order valence-corrected chi connectivity index (χ4v) is 3.70. The van der Waals surface area contributed by atoms with Gasteiger partial charge in [-0.05, 0) is 68.2 Å². The van der Waals surface area contributed by atoms with Crippen molar-refractivity contribution >= 4 is 22.6 Å². The largest absolute Gasteiger partial charge is 0.330 e. The lowest BCUT2D eigenvalue weighted by molar-refractivity contribution is -0.117. The molecule has 2 heterocycles. The fourth-order valence-electron chi connectivity index (χ4n) is 3.70. The van der Waals surface area contributed by atoms with E-state index < -0.39 is 0 Å². The van der Waals surface area contributed by atoms with Gasteiger partial charge in [0.1, 0.15) is 5.82 Å². The average Bonchev–Trinajstić information content (AvgIpc) is 3.08. The molecule has 27 heavy (non-hydrogen) atoms. The van der Waals surface area contributed by atoms with Crippen LogP contribution in [0, 0.1) is 11.7 Å². The standard InChI is InChI=1S/C21H23FN4O/c22-17-5-7-18(8-6-17)24-21(27)14-25-11-9-16(10-12-25)13-26-15-23-19-3-1-2-4-20(19)26/h1-8,15-16H,9-14H2,(H,24,27). The van der Waals surface area contributed by atoms with Gasteiger partial charge >= 0.3 is 0 Å². The zero-order valence-corrected chi connectivity index (χ0v) is 15.1. The van der Waals surface area contributed by atoms with Crippen molar-refractivity contribution < 1.29 is 9.18 Å². The number of nitrogens with one attached hydrogen (secondary N) is 1. The second kappa shape index (κ2) is 7.88. The summed E-state index contributed by atoms with van der Waals surface area (Å²) in [4.78, 5) is 18.8. The summed E-state index contributed by atoms with van der Waals surface area (Å²) in [5.41, 5.74) is 2.84. The van der Waals surface area contributed by atoms with Crippen LogP contribution >= 0.6 is 0 Å². The maximum absolute atomic E-state index is 12.9. The number of piperidine rings is 1. The van der Waals surface area contributed by atoms with Crippen molar-refractivity contribution in [1.29, 1.82) is 0 Å². The number of rotatable bonds is 5. The van der Waals surface area contributed by atoms with Crippen LogP contribution in [-0.2, 0) is 11.3 Å². The first-order valence-electron chi connectivity index (χ1n) is 9.35. The van der Waals surface area contributed by atoms with Crippen molar-refractivity contribution in [3.8, 4) is 0 Å². The zero-order chi connectivity index (χ0) is 18.6. The average molecular weight is 366 g/mol. The van der Waals surface area contributed by atoms with Gasteiger partial charge in [-0.1, -0.05) is 12.1 Å². The summed E-state index contributed by atoms with van der Waals surface area (Å²) in [5.74, 6) is 0.236. The van der Waals surface area contributed by atoms with Crippen molar-refractivity contribution in [2.45, 2.75) is 19.4 Å². The molecule has 1 fully saturated rings. The fraction of sp³-hybridized carbons (Fsp3) is 0.333. The number of halogens is 1. The Morgan fingerprint density at radius 3 is 2.63 bits per heavy atom. The van der Waals surface area contributed by atoms with Crippen molar-refractivity contribution in [2.75, 3.05) is 25.0 Å². The molecule has 0 atom stereocenters. The zero-order valence-electron chi connectivity index (χ0n) is 15.1. The summed E-state index contributed by atoms with van der Waals surface area (Å²) in [6.07, 6.45) is 4.06. The van der Waals surface area contributed by atoms with E-state index >= 15 is 0 Å². The highest BCUT2D eigenvalue weighted by Gasteiger charge is 2.21. The van der Waals surface area contributed by atoms with Crippen molar-refractivity contribution in [1.82, 2.24) is 14.5 Å². The highest BCUT2D eigenvalue weighted by Crippen LogP contribution is 2.21. The van der Waals surface area contributed by atoms with Crippen LogP contribution in [0.1, 0.15) is 12.8 Å². The number of aromatic nitrogens is 2. The molecule has 0 spiro atoms. The van der Waals surface area contributed by atoms with Gasteiger partial charge in [-0.25, -0.2) is 9.37 Å². The molecule has 0 aliphatic carbocycles. The number of likely N-dealkylation sites (tertiary alicyclic amines) is 1. The minimum Gasteiger partial charge on any atom is -0.330 e. The van der Waals surface area contributed by atoms with Gasteiger partial charge in [0, 0.05) is 12.2 Å². The van der Waals surface area contributed by atoms with Crippen molar-refractivity contribution in [3.63, 3.8) is 0 Å². The molecule has 1 aliphatic heterocycles. The van der Waals surface area contributed by atoms with Crippen LogP contribution in [0.5, 0.6) is 0 Å². The van der Waals surface area contributed by atoms with Gasteiger partial charge in [0.2, 0.25) is 5.91 Å². The molecule has 1 saturated heterocycles. The molecule has 6 heteroatoms. The Hall–Kier alpha value is -2.73. The van der Waals surface area contributed by atoms with Gasteiger partial charge in [0.15, 0.2) is 0 Å². The normalized spacial score (nSPS) is 15.9. The van der Waals surface area contributed by atoms with Crippen molar-refractivity contribution in [3.05, 3.63) is 60.7 Å². The van der Waals surface area contributed by atoms with Gasteiger partial charge in [-0.2, -0.15) is 0 Å². The number of hydrogen-bond acceptors (Lipinski definition) is 3. The molecule has 5 nitrogen and oxygen atoms in total. The Kier molecular flexibility index (Phi) is 5.16. The number of benzene rings is 2. The van der Waals surface area contributed by atoms with Gasteiger partial charge in [-0.15, -0.1) is 0 Å². The van der Waals surface area contributed by atoms with E-state index in [1.54, 1.807) is 12.1 Å². The van der Waals surface area contributed by atoms with Crippen LogP contribution in [0.25, 0.3) is 11.0 Å². The second-order valence-corrected chi connectivity index (χ2v) is 7.16. The van der Waals surface area contributed by atoms with E-state index in [0.717, 1.165) is 38.0 Å². The lowest BCUT2D eigenvalue weighted by Crippen LogP contribution is -2.39. The number of carbonyl (C=O) groups excluding carboxylic acids is 1. The summed E-state index contributed by atoms with van der Waals surface area (Å²) in [6, 6.07) is 14.1. The van der Waals surface area contributed by atoms with E-state index in [1.807, 2.05) is 24.5 Å². The third kappa shape index (κ3) is 4.34. The van der Waals surface area contributed by atoms with Gasteiger partial charge in [0.05, 0.1) is 23.9 Å². The minimum absolute atomic E-state index is 0.0549. The van der Waals surface area contributed by atoms with Crippen LogP contribution < -0.4 is 5.32 Å². The van der Waals surface area contributed by atoms with E-state index in [-0.39, 0.29) is 11.7 Å². The predicted octanol–water partition coefficient (Wildman–Crippen LogP) is 3.53. The Balaban J connectivity index is 1.26. The molecule has 4 rings (SSSR count). The first kappa shape index (κ1) is 17.7. The topological polar surface area (TPSA) is 50.2 Å². The highest BCUT2D eigenvalue weighted by atomic mass is 19.1. The van der Waals surface area contributed by atoms with Crippen LogP contribution in [0.3, 0.4) is 0 Å². The number of carbonyl (C=O) groups is 1. The molecule has 0 saturated carbocycles. The molecule has 0 unspecified atom stereocenters. The summed E-state index contributed by atoms with van der Waals surface area (Å²) in [7, 11) is 0. The first-order valence-corrected chi connectivity index (χ1v) is 9.35. The quantitative estimate of drug-likeness (QED) is 0.752. The Bertz CT molecular complexity index is 913. The number of nitrogens with zero attached hydrogens (tertiary/aromatic N) is 3. The van der Waals surface area contributed by atoms with E-state index in [2.05, 4.69) is 25.8 Å². The maximum Gasteiger partial charge on any atom is 0.238 e. The number of imidazole rings is 1. The lowest BCUT2D eigenvalue weighted by Gasteiger charge is -2.31. The molecular weight excluding hydrogens is 343 g/mol. The van der Waals surface area contributed by atoms with Crippen LogP contribution in [0.4, 0.5) is 10.1 Å². The number of fused-ring (bicyclic) bond motifs is 1. The summed E-state index contributed by atoms with van der Waals surface area (Å²) < 4.78 is 15.2. The molecular formula is C21H23FN4O. The molecule has 1 N–H and O–H groups in total. The molecule has 1 aliphatic rings. The van der Waals surface area contributed by atoms with E-state index in [1.165, 1.54) is 17.6 Å². The van der Waals surface area contributed by atoms with Crippen LogP contribution in [0.15, 0.2) is 54.9 Å². The summed E-state index contributed by atoms with van der Waals surface area (Å²) in [6.45, 7) is 3.16. The number of anilines is 1. The van der Waals surface area contributed by atoms with E-state index in [9.17, 15) is 9.18 Å². The Morgan fingerprint density at radius 2 is 1.85 bits per heavy atom. The van der Waals surface area contributed by atoms with E-state index in [0.29, 0.717) is 18.2 Å². The molecule has 3 aromatic rings. The van der Waals surface area contributed by atoms with Crippen molar-refractivity contribution in [2.24, 2.45) is 5.92 Å². The molecule has 140 valence electrons. The van der Waals surface area contributed by atoms with Gasteiger partial charge in [-0.3, -0.25) is 9.69 Å². The summed E-state index contributed by atoms with van der Waals surface area (Å²) >= 11 is 0. The lowest BCUT2D eigenvalue weighted by atomic mass is 9.96. The molecule has 0 bridgehead atoms. The maximum atomic E-state index is 12.9. The number of para-hydroxylation sites is 2. The minimum atomic E-state index is -0.305. The van der Waals surface area contributed by atoms with Crippen LogP contribution in [-0.4, -0.2) is 40.0 Å². The van der Waals surface area contributed by atoms with Gasteiger partial charge < -0.3 is 9.88 Å². The smallest absolute Gasteiger partial charge is 0.238 e. The third-order valence-electron chi connectivity index (χ3n) is 5.18. The number of hydrogen-bond donors (Lipinski definition) is 1.